The molecule has 0 fully saturated rings. The topological polar surface area (TPSA) is 41.8 Å². The van der Waals surface area contributed by atoms with Crippen LogP contribution in [0.4, 0.5) is 0 Å². The SMILES string of the molecule is CC1(C)CC(=O)N=c2ccccc2=N1. The summed E-state index contributed by atoms with van der Waals surface area (Å²) < 4.78 is 0. The molecule has 1 aliphatic rings. The summed E-state index contributed by atoms with van der Waals surface area (Å²) in [5, 5.41) is 1.49. The molecule has 1 amide bonds. The second-order valence-electron chi connectivity index (χ2n) is 4.10. The van der Waals surface area contributed by atoms with E-state index in [-0.39, 0.29) is 11.4 Å². The zero-order valence-electron chi connectivity index (χ0n) is 8.32. The first-order valence-corrected chi connectivity index (χ1v) is 4.63. The van der Waals surface area contributed by atoms with Gasteiger partial charge >= 0.3 is 0 Å². The van der Waals surface area contributed by atoms with Crippen LogP contribution in [0.5, 0.6) is 0 Å². The maximum absolute atomic E-state index is 11.4. The number of hydrogen-bond donors (Lipinski definition) is 0. The molecule has 1 aromatic rings. The first-order valence-electron chi connectivity index (χ1n) is 4.63. The molecule has 0 unspecified atom stereocenters. The molecular formula is C11H12N2O. The van der Waals surface area contributed by atoms with E-state index in [0.29, 0.717) is 11.8 Å². The molecule has 72 valence electrons. The monoisotopic (exact) mass is 188 g/mol. The van der Waals surface area contributed by atoms with Crippen molar-refractivity contribution in [3.05, 3.63) is 35.0 Å². The molecule has 0 saturated carbocycles. The summed E-state index contributed by atoms with van der Waals surface area (Å²) in [5.41, 5.74) is -0.340. The number of carbonyl (C=O) groups excluding carboxylic acids is 1. The second-order valence-corrected chi connectivity index (χ2v) is 4.10. The second kappa shape index (κ2) is 3.01. The van der Waals surface area contributed by atoms with Gasteiger partial charge < -0.3 is 0 Å². The van der Waals surface area contributed by atoms with Crippen LogP contribution < -0.4 is 10.7 Å². The Bertz CT molecular complexity index is 488. The molecule has 0 atom stereocenters. The maximum Gasteiger partial charge on any atom is 0.248 e. The van der Waals surface area contributed by atoms with Crippen LogP contribution in [0.1, 0.15) is 20.3 Å². The zero-order valence-corrected chi connectivity index (χ0v) is 8.32. The third kappa shape index (κ3) is 1.71. The lowest BCUT2D eigenvalue weighted by atomic mass is 10.0. The van der Waals surface area contributed by atoms with Crippen LogP contribution in [-0.4, -0.2) is 11.4 Å². The Balaban J connectivity index is 2.78. The maximum atomic E-state index is 11.4. The van der Waals surface area contributed by atoms with E-state index >= 15 is 0 Å². The van der Waals surface area contributed by atoms with E-state index in [4.69, 9.17) is 0 Å². The van der Waals surface area contributed by atoms with Crippen molar-refractivity contribution in [1.29, 1.82) is 0 Å². The largest absolute Gasteiger partial charge is 0.277 e. The molecule has 0 bridgehead atoms. The van der Waals surface area contributed by atoms with Crippen LogP contribution in [0.25, 0.3) is 0 Å². The molecule has 1 heterocycles. The Hall–Kier alpha value is -1.51. The fraction of sp³-hybridized carbons (Fsp3) is 0.364. The highest BCUT2D eigenvalue weighted by Gasteiger charge is 2.22. The van der Waals surface area contributed by atoms with Crippen molar-refractivity contribution in [2.75, 3.05) is 0 Å². The van der Waals surface area contributed by atoms with Gasteiger partial charge in [0.05, 0.1) is 22.7 Å². The molecule has 1 aliphatic heterocycles. The predicted octanol–water partition coefficient (Wildman–Crippen LogP) is 0.635. The minimum atomic E-state index is -0.340. The lowest BCUT2D eigenvalue weighted by Gasteiger charge is -2.14. The van der Waals surface area contributed by atoms with Crippen molar-refractivity contribution in [1.82, 2.24) is 0 Å². The highest BCUT2D eigenvalue weighted by atomic mass is 16.1. The van der Waals surface area contributed by atoms with Crippen LogP contribution in [0.3, 0.4) is 0 Å². The number of hydrogen-bond acceptors (Lipinski definition) is 2. The summed E-state index contributed by atoms with van der Waals surface area (Å²) in [5.74, 6) is -0.0938. The van der Waals surface area contributed by atoms with Gasteiger partial charge in [-0.1, -0.05) is 12.1 Å². The number of fused-ring (bicyclic) bond motifs is 1. The van der Waals surface area contributed by atoms with Gasteiger partial charge in [-0.15, -0.1) is 0 Å². The summed E-state index contributed by atoms with van der Waals surface area (Å²) in [4.78, 5) is 19.9. The van der Waals surface area contributed by atoms with E-state index in [1.807, 2.05) is 38.1 Å². The molecule has 0 aromatic heterocycles. The van der Waals surface area contributed by atoms with Crippen LogP contribution in [0, 0.1) is 0 Å². The third-order valence-electron chi connectivity index (χ3n) is 2.13. The summed E-state index contributed by atoms with van der Waals surface area (Å²) in [7, 11) is 0. The summed E-state index contributed by atoms with van der Waals surface area (Å²) >= 11 is 0. The first-order chi connectivity index (χ1) is 6.57. The Morgan fingerprint density at radius 2 is 1.86 bits per heavy atom. The van der Waals surface area contributed by atoms with Gasteiger partial charge in [-0.25, -0.2) is 4.99 Å². The van der Waals surface area contributed by atoms with Crippen molar-refractivity contribution in [2.45, 2.75) is 25.8 Å². The minimum absolute atomic E-state index is 0.0938. The smallest absolute Gasteiger partial charge is 0.248 e. The van der Waals surface area contributed by atoms with E-state index in [0.717, 1.165) is 5.36 Å². The van der Waals surface area contributed by atoms with Crippen molar-refractivity contribution >= 4 is 5.91 Å². The molecule has 0 saturated heterocycles. The number of nitrogens with zero attached hydrogens (tertiary/aromatic N) is 2. The van der Waals surface area contributed by atoms with Crippen molar-refractivity contribution in [3.8, 4) is 0 Å². The zero-order chi connectivity index (χ0) is 10.2. The average molecular weight is 188 g/mol. The molecule has 1 aromatic carbocycles. The standard InChI is InChI=1S/C11H12N2O/c1-11(2)7-10(14)12-8-5-3-4-6-9(8)13-11/h3-6H,7H2,1-2H3. The molecule has 3 heteroatoms. The van der Waals surface area contributed by atoms with Gasteiger partial charge in [0.1, 0.15) is 0 Å². The van der Waals surface area contributed by atoms with Gasteiger partial charge in [-0.3, -0.25) is 9.79 Å². The van der Waals surface area contributed by atoms with Gasteiger partial charge in [-0.2, -0.15) is 0 Å². The molecule has 0 radical (unpaired) electrons. The average Bonchev–Trinajstić information content (AvgIpc) is 2.16. The molecule has 0 N–H and O–H groups in total. The van der Waals surface area contributed by atoms with E-state index in [1.54, 1.807) is 0 Å². The number of benzene rings is 1. The Morgan fingerprint density at radius 1 is 1.21 bits per heavy atom. The molecular weight excluding hydrogens is 176 g/mol. The van der Waals surface area contributed by atoms with E-state index in [9.17, 15) is 4.79 Å². The third-order valence-corrected chi connectivity index (χ3v) is 2.13. The highest BCUT2D eigenvalue weighted by molar-refractivity contribution is 5.78. The Kier molecular flexibility index (Phi) is 1.95. The Morgan fingerprint density at radius 3 is 2.57 bits per heavy atom. The number of rotatable bonds is 0. The van der Waals surface area contributed by atoms with Gasteiger partial charge in [-0.05, 0) is 26.0 Å². The normalized spacial score (nSPS) is 18.9. The number of carbonyl (C=O) groups is 1. The van der Waals surface area contributed by atoms with Crippen LogP contribution in [0.2, 0.25) is 0 Å². The van der Waals surface area contributed by atoms with Crippen molar-refractivity contribution in [2.24, 2.45) is 9.98 Å². The van der Waals surface area contributed by atoms with Crippen LogP contribution in [-0.2, 0) is 4.79 Å². The molecule has 2 rings (SSSR count). The van der Waals surface area contributed by atoms with Crippen LogP contribution in [0.15, 0.2) is 34.3 Å². The number of amides is 1. The molecule has 14 heavy (non-hydrogen) atoms. The summed E-state index contributed by atoms with van der Waals surface area (Å²) in [6.45, 7) is 3.89. The quantitative estimate of drug-likeness (QED) is 0.589. The summed E-state index contributed by atoms with van der Waals surface area (Å²) in [6, 6.07) is 7.48. The summed E-state index contributed by atoms with van der Waals surface area (Å²) in [6.07, 6.45) is 0.377. The van der Waals surface area contributed by atoms with E-state index in [1.165, 1.54) is 0 Å². The molecule has 0 aliphatic carbocycles. The minimum Gasteiger partial charge on any atom is -0.277 e. The van der Waals surface area contributed by atoms with E-state index < -0.39 is 0 Å². The van der Waals surface area contributed by atoms with Gasteiger partial charge in [0.2, 0.25) is 5.91 Å². The lowest BCUT2D eigenvalue weighted by molar-refractivity contribution is -0.118. The fourth-order valence-corrected chi connectivity index (χ4v) is 1.56. The van der Waals surface area contributed by atoms with E-state index in [2.05, 4.69) is 9.98 Å². The molecule has 3 nitrogen and oxygen atoms in total. The predicted molar refractivity (Wildman–Crippen MR) is 52.5 cm³/mol. The number of para-hydroxylation sites is 2. The Labute approximate surface area is 82.2 Å². The van der Waals surface area contributed by atoms with Gasteiger partial charge in [0.25, 0.3) is 0 Å². The van der Waals surface area contributed by atoms with Crippen molar-refractivity contribution < 1.29 is 4.79 Å². The van der Waals surface area contributed by atoms with Crippen LogP contribution >= 0.6 is 0 Å². The van der Waals surface area contributed by atoms with Gasteiger partial charge in [0.15, 0.2) is 0 Å². The first kappa shape index (κ1) is 9.06. The highest BCUT2D eigenvalue weighted by Crippen LogP contribution is 2.14. The van der Waals surface area contributed by atoms with Crippen molar-refractivity contribution in [3.63, 3.8) is 0 Å². The fourth-order valence-electron chi connectivity index (χ4n) is 1.56. The lowest BCUT2D eigenvalue weighted by Crippen LogP contribution is -2.27. The van der Waals surface area contributed by atoms with Gasteiger partial charge in [0, 0.05) is 0 Å². The molecule has 0 spiro atoms.